The van der Waals surface area contributed by atoms with Crippen LogP contribution in [0.5, 0.6) is 0 Å². The number of hydrogen-bond donors (Lipinski definition) is 2. The van der Waals surface area contributed by atoms with E-state index in [1.165, 1.54) is 12.1 Å². The Morgan fingerprint density at radius 1 is 1.45 bits per heavy atom. The van der Waals surface area contributed by atoms with E-state index in [9.17, 15) is 14.9 Å². The van der Waals surface area contributed by atoms with Gasteiger partial charge in [0.15, 0.2) is 5.76 Å². The first kappa shape index (κ1) is 15.5. The van der Waals surface area contributed by atoms with Crippen molar-refractivity contribution in [2.45, 2.75) is 26.3 Å². The molecule has 8 nitrogen and oxygen atoms in total. The van der Waals surface area contributed by atoms with Crippen LogP contribution in [-0.2, 0) is 6.54 Å². The second kappa shape index (κ2) is 6.25. The molecule has 1 heterocycles. The lowest BCUT2D eigenvalue weighted by molar-refractivity contribution is -0.384. The van der Waals surface area contributed by atoms with E-state index in [1.54, 1.807) is 6.07 Å². The van der Waals surface area contributed by atoms with E-state index in [0.717, 1.165) is 11.8 Å². The molecular formula is C14H16N4O4. The number of carbonyl (C=O) groups excluding carboxylic acids is 1. The SMILES string of the molecule is CC(C)c1cc(CNC(=O)c2cc([N+](=O)[O-])ccc2N)on1. The fourth-order valence-corrected chi connectivity index (χ4v) is 1.80. The normalized spacial score (nSPS) is 10.7. The zero-order chi connectivity index (χ0) is 16.3. The van der Waals surface area contributed by atoms with Crippen LogP contribution in [-0.4, -0.2) is 16.0 Å². The summed E-state index contributed by atoms with van der Waals surface area (Å²) in [4.78, 5) is 22.2. The fraction of sp³-hybridized carbons (Fsp3) is 0.286. The maximum absolute atomic E-state index is 12.1. The first-order chi connectivity index (χ1) is 10.4. The van der Waals surface area contributed by atoms with E-state index in [2.05, 4.69) is 10.5 Å². The van der Waals surface area contributed by atoms with Gasteiger partial charge in [0.1, 0.15) is 0 Å². The van der Waals surface area contributed by atoms with Crippen molar-refractivity contribution in [3.05, 3.63) is 51.4 Å². The molecule has 0 aliphatic heterocycles. The van der Waals surface area contributed by atoms with Crippen LogP contribution in [0.1, 0.15) is 41.6 Å². The van der Waals surface area contributed by atoms with Gasteiger partial charge in [-0.1, -0.05) is 19.0 Å². The number of hydrogen-bond acceptors (Lipinski definition) is 6. The summed E-state index contributed by atoms with van der Waals surface area (Å²) in [5, 5.41) is 17.2. The predicted molar refractivity (Wildman–Crippen MR) is 79.3 cm³/mol. The van der Waals surface area contributed by atoms with Gasteiger partial charge >= 0.3 is 0 Å². The molecule has 0 unspecified atom stereocenters. The number of rotatable bonds is 5. The molecule has 2 aromatic rings. The average molecular weight is 304 g/mol. The third-order valence-electron chi connectivity index (χ3n) is 3.08. The third-order valence-corrected chi connectivity index (χ3v) is 3.08. The van der Waals surface area contributed by atoms with Crippen LogP contribution in [0, 0.1) is 10.1 Å². The molecule has 8 heteroatoms. The van der Waals surface area contributed by atoms with Gasteiger partial charge in [-0.15, -0.1) is 0 Å². The molecule has 2 rings (SSSR count). The smallest absolute Gasteiger partial charge is 0.270 e. The average Bonchev–Trinajstić information content (AvgIpc) is 2.94. The summed E-state index contributed by atoms with van der Waals surface area (Å²) in [6, 6.07) is 5.47. The number of nitrogens with two attached hydrogens (primary N) is 1. The zero-order valence-corrected chi connectivity index (χ0v) is 12.2. The number of nitrogens with one attached hydrogen (secondary N) is 1. The summed E-state index contributed by atoms with van der Waals surface area (Å²) < 4.78 is 5.10. The number of anilines is 1. The van der Waals surface area contributed by atoms with Crippen molar-refractivity contribution in [2.24, 2.45) is 0 Å². The van der Waals surface area contributed by atoms with Crippen molar-refractivity contribution < 1.29 is 14.2 Å². The Morgan fingerprint density at radius 3 is 2.77 bits per heavy atom. The van der Waals surface area contributed by atoms with Gasteiger partial charge in [-0.2, -0.15) is 0 Å². The number of nitro groups is 1. The number of nitrogen functional groups attached to an aromatic ring is 1. The monoisotopic (exact) mass is 304 g/mol. The molecule has 0 bridgehead atoms. The third kappa shape index (κ3) is 3.40. The summed E-state index contributed by atoms with van der Waals surface area (Å²) in [7, 11) is 0. The Morgan fingerprint density at radius 2 is 2.18 bits per heavy atom. The fourth-order valence-electron chi connectivity index (χ4n) is 1.80. The van der Waals surface area contributed by atoms with E-state index >= 15 is 0 Å². The van der Waals surface area contributed by atoms with Gasteiger partial charge in [-0.05, 0) is 12.0 Å². The van der Waals surface area contributed by atoms with Crippen LogP contribution in [0.4, 0.5) is 11.4 Å². The van der Waals surface area contributed by atoms with Gasteiger partial charge in [0.05, 0.1) is 22.7 Å². The minimum Gasteiger partial charge on any atom is -0.398 e. The summed E-state index contributed by atoms with van der Waals surface area (Å²) in [6.07, 6.45) is 0. The summed E-state index contributed by atoms with van der Waals surface area (Å²) >= 11 is 0. The van der Waals surface area contributed by atoms with E-state index in [-0.39, 0.29) is 29.4 Å². The van der Waals surface area contributed by atoms with Crippen molar-refractivity contribution in [1.82, 2.24) is 10.5 Å². The summed E-state index contributed by atoms with van der Waals surface area (Å²) in [5.41, 5.74) is 6.50. The molecule has 0 fully saturated rings. The highest BCUT2D eigenvalue weighted by Crippen LogP contribution is 2.20. The zero-order valence-electron chi connectivity index (χ0n) is 12.2. The summed E-state index contributed by atoms with van der Waals surface area (Å²) in [6.45, 7) is 4.08. The molecule has 0 spiro atoms. The van der Waals surface area contributed by atoms with Crippen molar-refractivity contribution >= 4 is 17.3 Å². The molecule has 116 valence electrons. The molecule has 0 aliphatic carbocycles. The molecule has 0 aliphatic rings. The minimum absolute atomic E-state index is 0.0535. The predicted octanol–water partition coefficient (Wildman–Crippen LogP) is 2.22. The first-order valence-corrected chi connectivity index (χ1v) is 6.66. The van der Waals surface area contributed by atoms with Crippen LogP contribution in [0.3, 0.4) is 0 Å². The van der Waals surface area contributed by atoms with Crippen LogP contribution in [0.15, 0.2) is 28.8 Å². The van der Waals surface area contributed by atoms with Crippen LogP contribution in [0.2, 0.25) is 0 Å². The largest absolute Gasteiger partial charge is 0.398 e. The number of non-ortho nitro benzene ring substituents is 1. The lowest BCUT2D eigenvalue weighted by Gasteiger charge is -2.05. The number of amides is 1. The topological polar surface area (TPSA) is 124 Å². The van der Waals surface area contributed by atoms with Gasteiger partial charge in [0, 0.05) is 23.9 Å². The number of nitro benzene ring substituents is 1. The summed E-state index contributed by atoms with van der Waals surface area (Å²) in [5.74, 6) is 0.213. The molecule has 0 saturated carbocycles. The number of aromatic nitrogens is 1. The Kier molecular flexibility index (Phi) is 4.40. The molecule has 3 N–H and O–H groups in total. The second-order valence-corrected chi connectivity index (χ2v) is 5.08. The van der Waals surface area contributed by atoms with Crippen LogP contribution < -0.4 is 11.1 Å². The Labute approximate surface area is 126 Å². The molecule has 0 saturated heterocycles. The van der Waals surface area contributed by atoms with E-state index in [4.69, 9.17) is 10.3 Å². The minimum atomic E-state index is -0.582. The molecule has 1 amide bonds. The molecule has 0 atom stereocenters. The standard InChI is InChI=1S/C14H16N4O4/c1-8(2)13-6-10(22-17-13)7-16-14(19)11-5-9(18(20)21)3-4-12(11)15/h3-6,8H,7,15H2,1-2H3,(H,16,19). The highest BCUT2D eigenvalue weighted by Gasteiger charge is 2.16. The molecule has 1 aromatic carbocycles. The van der Waals surface area contributed by atoms with Crippen molar-refractivity contribution in [3.8, 4) is 0 Å². The maximum Gasteiger partial charge on any atom is 0.270 e. The molecule has 0 radical (unpaired) electrons. The molecular weight excluding hydrogens is 288 g/mol. The van der Waals surface area contributed by atoms with E-state index in [0.29, 0.717) is 5.76 Å². The lowest BCUT2D eigenvalue weighted by atomic mass is 10.1. The van der Waals surface area contributed by atoms with Crippen molar-refractivity contribution in [1.29, 1.82) is 0 Å². The number of benzene rings is 1. The van der Waals surface area contributed by atoms with Crippen LogP contribution in [0.25, 0.3) is 0 Å². The Hall–Kier alpha value is -2.90. The van der Waals surface area contributed by atoms with Crippen molar-refractivity contribution in [3.63, 3.8) is 0 Å². The van der Waals surface area contributed by atoms with E-state index < -0.39 is 10.8 Å². The Bertz CT molecular complexity index is 709. The number of carbonyl (C=O) groups is 1. The lowest BCUT2D eigenvalue weighted by Crippen LogP contribution is -2.23. The first-order valence-electron chi connectivity index (χ1n) is 6.66. The highest BCUT2D eigenvalue weighted by atomic mass is 16.6. The van der Waals surface area contributed by atoms with Gasteiger partial charge < -0.3 is 15.6 Å². The van der Waals surface area contributed by atoms with Crippen LogP contribution >= 0.6 is 0 Å². The van der Waals surface area contributed by atoms with Gasteiger partial charge in [0.2, 0.25) is 0 Å². The second-order valence-electron chi connectivity index (χ2n) is 5.08. The molecule has 22 heavy (non-hydrogen) atoms. The highest BCUT2D eigenvalue weighted by molar-refractivity contribution is 5.99. The maximum atomic E-state index is 12.1. The number of nitrogens with zero attached hydrogens (tertiary/aromatic N) is 2. The van der Waals surface area contributed by atoms with Gasteiger partial charge in [-0.25, -0.2) is 0 Å². The van der Waals surface area contributed by atoms with Crippen molar-refractivity contribution in [2.75, 3.05) is 5.73 Å². The quantitative estimate of drug-likeness (QED) is 0.495. The van der Waals surface area contributed by atoms with E-state index in [1.807, 2.05) is 13.8 Å². The van der Waals surface area contributed by atoms with Gasteiger partial charge in [0.25, 0.3) is 11.6 Å². The van der Waals surface area contributed by atoms with Gasteiger partial charge in [-0.3, -0.25) is 14.9 Å². The Balaban J connectivity index is 2.08. The molecule has 1 aromatic heterocycles.